The van der Waals surface area contributed by atoms with Crippen LogP contribution >= 0.6 is 23.2 Å². The largest absolute Gasteiger partial charge is 0.374 e. The zero-order valence-electron chi connectivity index (χ0n) is 12.5. The number of hydrogen-bond acceptors (Lipinski definition) is 5. The van der Waals surface area contributed by atoms with Gasteiger partial charge in [-0.3, -0.25) is 4.90 Å². The molecule has 0 bridgehead atoms. The molecule has 1 aromatic heterocycles. The Bertz CT molecular complexity index is 675. The maximum atomic E-state index is 6.25. The van der Waals surface area contributed by atoms with Crippen LogP contribution < -0.4 is 0 Å². The minimum atomic E-state index is -0.169. The van der Waals surface area contributed by atoms with Crippen LogP contribution in [0.5, 0.6) is 0 Å². The van der Waals surface area contributed by atoms with Crippen molar-refractivity contribution >= 4 is 23.2 Å². The SMILES string of the molecule is COC(C)c1noc(CN2CCc3c(Cl)cc(Cl)cc3C2)n1. The van der Waals surface area contributed by atoms with E-state index < -0.39 is 0 Å². The van der Waals surface area contributed by atoms with Crippen LogP contribution in [0.15, 0.2) is 16.7 Å². The molecule has 118 valence electrons. The Morgan fingerprint density at radius 1 is 1.41 bits per heavy atom. The minimum absolute atomic E-state index is 0.169. The van der Waals surface area contributed by atoms with Crippen molar-refractivity contribution in [2.24, 2.45) is 0 Å². The predicted octanol–water partition coefficient (Wildman–Crippen LogP) is 3.64. The summed E-state index contributed by atoms with van der Waals surface area (Å²) in [6, 6.07) is 3.77. The number of aromatic nitrogens is 2. The molecule has 0 radical (unpaired) electrons. The van der Waals surface area contributed by atoms with Gasteiger partial charge >= 0.3 is 0 Å². The van der Waals surface area contributed by atoms with Gasteiger partial charge in [-0.25, -0.2) is 0 Å². The average Bonchev–Trinajstić information content (AvgIpc) is 2.94. The number of hydrogen-bond donors (Lipinski definition) is 0. The lowest BCUT2D eigenvalue weighted by molar-refractivity contribution is 0.109. The summed E-state index contributed by atoms with van der Waals surface area (Å²) in [7, 11) is 1.62. The van der Waals surface area contributed by atoms with E-state index in [4.69, 9.17) is 32.5 Å². The van der Waals surface area contributed by atoms with Gasteiger partial charge in [-0.2, -0.15) is 4.98 Å². The highest BCUT2D eigenvalue weighted by molar-refractivity contribution is 6.35. The fourth-order valence-electron chi connectivity index (χ4n) is 2.60. The number of ether oxygens (including phenoxy) is 1. The summed E-state index contributed by atoms with van der Waals surface area (Å²) in [6.45, 7) is 4.15. The summed E-state index contributed by atoms with van der Waals surface area (Å²) in [5.74, 6) is 1.16. The van der Waals surface area contributed by atoms with Gasteiger partial charge < -0.3 is 9.26 Å². The van der Waals surface area contributed by atoms with E-state index in [1.165, 1.54) is 5.56 Å². The molecular formula is C15H17Cl2N3O2. The molecule has 7 heteroatoms. The molecule has 1 atom stereocenters. The van der Waals surface area contributed by atoms with Gasteiger partial charge in [-0.15, -0.1) is 0 Å². The molecule has 0 saturated carbocycles. The van der Waals surface area contributed by atoms with E-state index in [0.717, 1.165) is 30.1 Å². The molecule has 2 heterocycles. The van der Waals surface area contributed by atoms with Crippen LogP contribution in [-0.2, 0) is 24.2 Å². The Labute approximate surface area is 139 Å². The van der Waals surface area contributed by atoms with Crippen LogP contribution in [0.4, 0.5) is 0 Å². The van der Waals surface area contributed by atoms with Gasteiger partial charge in [0, 0.05) is 30.2 Å². The van der Waals surface area contributed by atoms with Crippen molar-refractivity contribution in [2.75, 3.05) is 13.7 Å². The van der Waals surface area contributed by atoms with Gasteiger partial charge in [-0.1, -0.05) is 28.4 Å². The first-order chi connectivity index (χ1) is 10.6. The number of fused-ring (bicyclic) bond motifs is 1. The fourth-order valence-corrected chi connectivity index (χ4v) is 3.23. The average molecular weight is 342 g/mol. The van der Waals surface area contributed by atoms with Gasteiger partial charge in [0.15, 0.2) is 5.82 Å². The van der Waals surface area contributed by atoms with E-state index in [1.807, 2.05) is 13.0 Å². The Kier molecular flexibility index (Phi) is 4.68. The number of methoxy groups -OCH3 is 1. The molecule has 0 fully saturated rings. The van der Waals surface area contributed by atoms with E-state index >= 15 is 0 Å². The summed E-state index contributed by atoms with van der Waals surface area (Å²) in [6.07, 6.45) is 0.720. The molecule has 1 aromatic carbocycles. The van der Waals surface area contributed by atoms with Crippen LogP contribution in [0.2, 0.25) is 10.0 Å². The highest BCUT2D eigenvalue weighted by Gasteiger charge is 2.21. The highest BCUT2D eigenvalue weighted by Crippen LogP contribution is 2.30. The van der Waals surface area contributed by atoms with Crippen LogP contribution in [0, 0.1) is 0 Å². The molecule has 5 nitrogen and oxygen atoms in total. The first kappa shape index (κ1) is 15.7. The molecule has 0 amide bonds. The van der Waals surface area contributed by atoms with E-state index in [1.54, 1.807) is 13.2 Å². The smallest absolute Gasteiger partial charge is 0.240 e. The molecule has 0 N–H and O–H groups in total. The summed E-state index contributed by atoms with van der Waals surface area (Å²) in [5, 5.41) is 5.36. The molecular weight excluding hydrogens is 325 g/mol. The summed E-state index contributed by atoms with van der Waals surface area (Å²) >= 11 is 12.3. The van der Waals surface area contributed by atoms with Crippen molar-refractivity contribution in [1.29, 1.82) is 0 Å². The topological polar surface area (TPSA) is 51.4 Å². The van der Waals surface area contributed by atoms with Crippen molar-refractivity contribution in [1.82, 2.24) is 15.0 Å². The standard InChI is InChI=1S/C15H17Cl2N3O2/c1-9(21-2)15-18-14(22-19-15)8-20-4-3-12-10(7-20)5-11(16)6-13(12)17/h5-6,9H,3-4,7-8H2,1-2H3. The molecule has 22 heavy (non-hydrogen) atoms. The Balaban J connectivity index is 1.71. The Morgan fingerprint density at radius 2 is 2.23 bits per heavy atom. The monoisotopic (exact) mass is 341 g/mol. The van der Waals surface area contributed by atoms with Gasteiger partial charge in [0.25, 0.3) is 0 Å². The summed E-state index contributed by atoms with van der Waals surface area (Å²) in [5.41, 5.74) is 2.34. The minimum Gasteiger partial charge on any atom is -0.374 e. The molecule has 0 saturated heterocycles. The fraction of sp³-hybridized carbons (Fsp3) is 0.467. The lowest BCUT2D eigenvalue weighted by Gasteiger charge is -2.28. The second-order valence-corrected chi connectivity index (χ2v) is 6.25. The highest BCUT2D eigenvalue weighted by atomic mass is 35.5. The molecule has 0 spiro atoms. The van der Waals surface area contributed by atoms with Crippen molar-refractivity contribution in [3.63, 3.8) is 0 Å². The lowest BCUT2D eigenvalue weighted by Crippen LogP contribution is -2.30. The third kappa shape index (κ3) is 3.27. The predicted molar refractivity (Wildman–Crippen MR) is 84.0 cm³/mol. The van der Waals surface area contributed by atoms with E-state index in [9.17, 15) is 0 Å². The summed E-state index contributed by atoms with van der Waals surface area (Å²) in [4.78, 5) is 6.61. The van der Waals surface area contributed by atoms with Crippen LogP contribution in [0.1, 0.15) is 35.9 Å². The third-order valence-corrected chi connectivity index (χ3v) is 4.44. The molecule has 3 rings (SSSR count). The van der Waals surface area contributed by atoms with E-state index in [0.29, 0.717) is 23.3 Å². The molecule has 1 unspecified atom stereocenters. The zero-order valence-corrected chi connectivity index (χ0v) is 14.0. The van der Waals surface area contributed by atoms with Crippen molar-refractivity contribution in [3.8, 4) is 0 Å². The first-order valence-electron chi connectivity index (χ1n) is 7.11. The maximum absolute atomic E-state index is 6.25. The van der Waals surface area contributed by atoms with Gasteiger partial charge in [0.2, 0.25) is 5.89 Å². The zero-order chi connectivity index (χ0) is 15.7. The van der Waals surface area contributed by atoms with Gasteiger partial charge in [-0.05, 0) is 36.6 Å². The maximum Gasteiger partial charge on any atom is 0.240 e. The molecule has 1 aliphatic heterocycles. The number of nitrogens with zero attached hydrogens (tertiary/aromatic N) is 3. The van der Waals surface area contributed by atoms with Crippen LogP contribution in [-0.4, -0.2) is 28.7 Å². The molecule has 1 aliphatic rings. The summed E-state index contributed by atoms with van der Waals surface area (Å²) < 4.78 is 10.5. The number of benzene rings is 1. The van der Waals surface area contributed by atoms with E-state index in [-0.39, 0.29) is 6.10 Å². The molecule has 0 aliphatic carbocycles. The van der Waals surface area contributed by atoms with Crippen LogP contribution in [0.25, 0.3) is 0 Å². The number of halogens is 2. The lowest BCUT2D eigenvalue weighted by atomic mass is 10.00. The molecule has 2 aromatic rings. The first-order valence-corrected chi connectivity index (χ1v) is 7.87. The second-order valence-electron chi connectivity index (χ2n) is 5.41. The Morgan fingerprint density at radius 3 is 3.00 bits per heavy atom. The second kappa shape index (κ2) is 6.54. The van der Waals surface area contributed by atoms with E-state index in [2.05, 4.69) is 15.0 Å². The van der Waals surface area contributed by atoms with Crippen molar-refractivity contribution in [2.45, 2.75) is 32.5 Å². The van der Waals surface area contributed by atoms with Crippen molar-refractivity contribution < 1.29 is 9.26 Å². The number of rotatable bonds is 4. The van der Waals surface area contributed by atoms with Crippen molar-refractivity contribution in [3.05, 3.63) is 45.0 Å². The third-order valence-electron chi connectivity index (χ3n) is 3.88. The van der Waals surface area contributed by atoms with Crippen LogP contribution in [0.3, 0.4) is 0 Å². The normalized spacial score (nSPS) is 16.5. The van der Waals surface area contributed by atoms with Gasteiger partial charge in [0.05, 0.1) is 6.54 Å². The Hall–Kier alpha value is -1.14. The quantitative estimate of drug-likeness (QED) is 0.849. The van der Waals surface area contributed by atoms with Gasteiger partial charge in [0.1, 0.15) is 6.10 Å².